The zero-order valence-electron chi connectivity index (χ0n) is 14.5. The van der Waals surface area contributed by atoms with Gasteiger partial charge in [0, 0.05) is 5.33 Å². The van der Waals surface area contributed by atoms with Gasteiger partial charge in [0.2, 0.25) is 0 Å². The van der Waals surface area contributed by atoms with E-state index in [1.807, 2.05) is 18.2 Å². The number of rotatable bonds is 6. The van der Waals surface area contributed by atoms with Gasteiger partial charge >= 0.3 is 0 Å². The fourth-order valence-electron chi connectivity index (χ4n) is 3.72. The second-order valence-electron chi connectivity index (χ2n) is 6.70. The highest BCUT2D eigenvalue weighted by Crippen LogP contribution is 2.40. The van der Waals surface area contributed by atoms with Crippen LogP contribution in [0.1, 0.15) is 55.2 Å². The van der Waals surface area contributed by atoms with E-state index in [0.29, 0.717) is 11.5 Å². The van der Waals surface area contributed by atoms with Crippen molar-refractivity contribution < 1.29 is 10.2 Å². The first-order chi connectivity index (χ1) is 12.2. The monoisotopic (exact) mass is 400 g/mol. The molecule has 0 saturated carbocycles. The molecule has 0 amide bonds. The normalized spacial score (nSPS) is 14.3. The Morgan fingerprint density at radius 2 is 1.72 bits per heavy atom. The molecule has 0 bridgehead atoms. The Hall–Kier alpha value is -1.74. The Bertz CT molecular complexity index is 764. The molecule has 0 unspecified atom stereocenters. The molecule has 0 fully saturated rings. The van der Waals surface area contributed by atoms with Crippen molar-refractivity contribution in [2.24, 2.45) is 0 Å². The Morgan fingerprint density at radius 3 is 2.52 bits per heavy atom. The van der Waals surface area contributed by atoms with Gasteiger partial charge in [-0.3, -0.25) is 0 Å². The third-order valence-electron chi connectivity index (χ3n) is 4.91. The number of aromatic hydroxyl groups is 2. The maximum Gasteiger partial charge on any atom is 0.116 e. The average Bonchev–Trinajstić information content (AvgIpc) is 2.78. The van der Waals surface area contributed by atoms with E-state index in [-0.39, 0.29) is 0 Å². The quantitative estimate of drug-likeness (QED) is 0.441. The van der Waals surface area contributed by atoms with Crippen LogP contribution >= 0.6 is 15.9 Å². The number of fused-ring (bicyclic) bond motifs is 1. The van der Waals surface area contributed by atoms with Gasteiger partial charge in [-0.1, -0.05) is 40.5 Å². The summed E-state index contributed by atoms with van der Waals surface area (Å²) in [5.41, 5.74) is 6.36. The first-order valence-electron chi connectivity index (χ1n) is 9.08. The zero-order chi connectivity index (χ0) is 17.6. The number of phenolic OH excluding ortho intramolecular Hbond substituents is 2. The molecular formula is C22H25BrO2. The van der Waals surface area contributed by atoms with Crippen molar-refractivity contribution >= 4 is 27.1 Å². The van der Waals surface area contributed by atoms with Crippen LogP contribution in [-0.2, 0) is 6.42 Å². The predicted octanol–water partition coefficient (Wildman–Crippen LogP) is 6.30. The number of unbranched alkanes of at least 4 members (excludes halogenated alkanes) is 2. The lowest BCUT2D eigenvalue weighted by Gasteiger charge is -2.16. The summed E-state index contributed by atoms with van der Waals surface area (Å²) in [6.07, 6.45) is 7.64. The number of hydrogen-bond acceptors (Lipinski definition) is 2. The smallest absolute Gasteiger partial charge is 0.116 e. The summed E-state index contributed by atoms with van der Waals surface area (Å²) in [6, 6.07) is 13.4. The van der Waals surface area contributed by atoms with Crippen molar-refractivity contribution in [3.8, 4) is 11.5 Å². The van der Waals surface area contributed by atoms with Crippen LogP contribution in [-0.4, -0.2) is 15.5 Å². The third kappa shape index (κ3) is 4.46. The van der Waals surface area contributed by atoms with E-state index in [4.69, 9.17) is 0 Å². The van der Waals surface area contributed by atoms with Gasteiger partial charge in [-0.15, -0.1) is 0 Å². The maximum absolute atomic E-state index is 9.92. The van der Waals surface area contributed by atoms with Crippen LogP contribution in [0.2, 0.25) is 0 Å². The van der Waals surface area contributed by atoms with Crippen molar-refractivity contribution in [3.05, 3.63) is 59.2 Å². The van der Waals surface area contributed by atoms with Gasteiger partial charge in [0.05, 0.1) is 0 Å². The Labute approximate surface area is 158 Å². The number of aryl methyl sites for hydroxylation is 1. The molecule has 0 aliphatic heterocycles. The molecule has 2 N–H and O–H groups in total. The van der Waals surface area contributed by atoms with E-state index < -0.39 is 0 Å². The van der Waals surface area contributed by atoms with Crippen molar-refractivity contribution in [3.63, 3.8) is 0 Å². The molecule has 0 spiro atoms. The van der Waals surface area contributed by atoms with E-state index in [2.05, 4.69) is 28.1 Å². The Kier molecular flexibility index (Phi) is 6.19. The van der Waals surface area contributed by atoms with Crippen molar-refractivity contribution in [1.82, 2.24) is 0 Å². The van der Waals surface area contributed by atoms with E-state index in [1.165, 1.54) is 35.1 Å². The summed E-state index contributed by atoms with van der Waals surface area (Å²) in [4.78, 5) is 0. The standard InChI is InChI=1S/C22H25BrO2/c23-13-3-1-2-9-22-20(16-6-4-8-18(24)14-16)10-5-7-17-15-19(25)11-12-21(17)22/h4,6,8,11-12,14-15,24-25H,1-3,5,7,9-10,13H2. The van der Waals surface area contributed by atoms with Crippen LogP contribution in [0.25, 0.3) is 11.1 Å². The second-order valence-corrected chi connectivity index (χ2v) is 7.50. The first-order valence-corrected chi connectivity index (χ1v) is 10.2. The van der Waals surface area contributed by atoms with Gasteiger partial charge in [-0.25, -0.2) is 0 Å². The topological polar surface area (TPSA) is 40.5 Å². The molecule has 0 saturated heterocycles. The fraction of sp³-hybridized carbons (Fsp3) is 0.364. The van der Waals surface area contributed by atoms with Crippen LogP contribution in [0, 0.1) is 0 Å². The molecule has 0 heterocycles. The third-order valence-corrected chi connectivity index (χ3v) is 5.47. The number of benzene rings is 2. The molecule has 2 nitrogen and oxygen atoms in total. The minimum absolute atomic E-state index is 0.318. The average molecular weight is 401 g/mol. The van der Waals surface area contributed by atoms with Crippen LogP contribution in [0.3, 0.4) is 0 Å². The van der Waals surface area contributed by atoms with E-state index >= 15 is 0 Å². The number of phenols is 2. The van der Waals surface area contributed by atoms with E-state index in [9.17, 15) is 10.2 Å². The van der Waals surface area contributed by atoms with Crippen molar-refractivity contribution in [2.45, 2.75) is 44.9 Å². The van der Waals surface area contributed by atoms with Gasteiger partial charge in [-0.2, -0.15) is 0 Å². The largest absolute Gasteiger partial charge is 0.508 e. The Balaban J connectivity index is 2.04. The number of alkyl halides is 1. The summed E-state index contributed by atoms with van der Waals surface area (Å²) >= 11 is 3.51. The van der Waals surface area contributed by atoms with Gasteiger partial charge in [-0.05, 0) is 90.6 Å². The zero-order valence-corrected chi connectivity index (χ0v) is 16.1. The van der Waals surface area contributed by atoms with E-state index in [0.717, 1.165) is 43.0 Å². The van der Waals surface area contributed by atoms with E-state index in [1.54, 1.807) is 12.1 Å². The van der Waals surface area contributed by atoms with Crippen molar-refractivity contribution in [1.29, 1.82) is 0 Å². The van der Waals surface area contributed by atoms with Crippen LogP contribution in [0.5, 0.6) is 11.5 Å². The lowest BCUT2D eigenvalue weighted by atomic mass is 9.89. The predicted molar refractivity (Wildman–Crippen MR) is 108 cm³/mol. The fourth-order valence-corrected chi connectivity index (χ4v) is 4.12. The second kappa shape index (κ2) is 8.57. The molecule has 132 valence electrons. The SMILES string of the molecule is Oc1cccc(C2=C(CCCCCBr)c3ccc(O)cc3CCC2)c1. The lowest BCUT2D eigenvalue weighted by molar-refractivity contribution is 0.474. The van der Waals surface area contributed by atoms with Crippen LogP contribution < -0.4 is 0 Å². The summed E-state index contributed by atoms with van der Waals surface area (Å²) < 4.78 is 0. The highest BCUT2D eigenvalue weighted by molar-refractivity contribution is 9.09. The molecule has 1 aliphatic rings. The van der Waals surface area contributed by atoms with Gasteiger partial charge < -0.3 is 10.2 Å². The minimum atomic E-state index is 0.318. The summed E-state index contributed by atoms with van der Waals surface area (Å²) in [5, 5.41) is 20.8. The molecule has 3 rings (SSSR count). The number of hydrogen-bond donors (Lipinski definition) is 2. The van der Waals surface area contributed by atoms with Crippen molar-refractivity contribution in [2.75, 3.05) is 5.33 Å². The highest BCUT2D eigenvalue weighted by atomic mass is 79.9. The molecule has 0 radical (unpaired) electrons. The minimum Gasteiger partial charge on any atom is -0.508 e. The summed E-state index contributed by atoms with van der Waals surface area (Å²) in [6.45, 7) is 0. The molecule has 1 aliphatic carbocycles. The molecule has 0 aromatic heterocycles. The number of halogens is 1. The molecule has 2 aromatic carbocycles. The molecule has 3 heteroatoms. The van der Waals surface area contributed by atoms with Gasteiger partial charge in [0.15, 0.2) is 0 Å². The molecular weight excluding hydrogens is 376 g/mol. The van der Waals surface area contributed by atoms with Gasteiger partial charge in [0.1, 0.15) is 11.5 Å². The molecule has 2 aromatic rings. The van der Waals surface area contributed by atoms with Gasteiger partial charge in [0.25, 0.3) is 0 Å². The summed E-state index contributed by atoms with van der Waals surface area (Å²) in [5.74, 6) is 0.664. The summed E-state index contributed by atoms with van der Waals surface area (Å²) in [7, 11) is 0. The molecule has 25 heavy (non-hydrogen) atoms. The lowest BCUT2D eigenvalue weighted by Crippen LogP contribution is -1.95. The van der Waals surface area contributed by atoms with Crippen LogP contribution in [0.4, 0.5) is 0 Å². The first kappa shape index (κ1) is 18.1. The highest BCUT2D eigenvalue weighted by Gasteiger charge is 2.19. The van der Waals surface area contributed by atoms with Crippen LogP contribution in [0.15, 0.2) is 42.5 Å². The Morgan fingerprint density at radius 1 is 0.880 bits per heavy atom. The maximum atomic E-state index is 9.92. The molecule has 0 atom stereocenters. The number of allylic oxidation sites excluding steroid dienone is 2.